The summed E-state index contributed by atoms with van der Waals surface area (Å²) in [4.78, 5) is 11.6. The van der Waals surface area contributed by atoms with Crippen molar-refractivity contribution in [3.63, 3.8) is 0 Å². The Balaban J connectivity index is 0.00000361. The lowest BCUT2D eigenvalue weighted by Gasteiger charge is -2.16. The average molecular weight is 331 g/mol. The van der Waals surface area contributed by atoms with E-state index in [1.165, 1.54) is 0 Å². The SMILES string of the molecule is Cl.NNC(=O)C(CCCCCl)c1cc(F)c(F)c(F)c1. The van der Waals surface area contributed by atoms with Crippen molar-refractivity contribution in [1.82, 2.24) is 5.43 Å². The number of hydrogen-bond donors (Lipinski definition) is 2. The van der Waals surface area contributed by atoms with Gasteiger partial charge in [-0.25, -0.2) is 19.0 Å². The minimum absolute atomic E-state index is 0. The van der Waals surface area contributed by atoms with Crippen LogP contribution in [0.3, 0.4) is 0 Å². The first kappa shape index (κ1) is 19.0. The molecule has 0 aliphatic heterocycles. The summed E-state index contributed by atoms with van der Waals surface area (Å²) < 4.78 is 39.2. The lowest BCUT2D eigenvalue weighted by molar-refractivity contribution is -0.122. The number of rotatable bonds is 6. The average Bonchev–Trinajstić information content (AvgIpc) is 2.39. The number of carbonyl (C=O) groups excluding carboxylic acids is 1. The van der Waals surface area contributed by atoms with Gasteiger partial charge in [0, 0.05) is 5.88 Å². The van der Waals surface area contributed by atoms with E-state index in [4.69, 9.17) is 17.4 Å². The fourth-order valence-corrected chi connectivity index (χ4v) is 1.96. The number of halogens is 5. The fourth-order valence-electron chi connectivity index (χ4n) is 1.77. The number of hydrazine groups is 1. The van der Waals surface area contributed by atoms with Crippen molar-refractivity contribution in [3.8, 4) is 0 Å². The molecular formula is C12H15Cl2F3N2O. The van der Waals surface area contributed by atoms with Gasteiger partial charge in [0.15, 0.2) is 17.5 Å². The summed E-state index contributed by atoms with van der Waals surface area (Å²) in [7, 11) is 0. The van der Waals surface area contributed by atoms with Crippen LogP contribution < -0.4 is 11.3 Å². The third kappa shape index (κ3) is 4.85. The van der Waals surface area contributed by atoms with Gasteiger partial charge < -0.3 is 0 Å². The molecule has 0 aliphatic rings. The number of alkyl halides is 1. The first-order valence-electron chi connectivity index (χ1n) is 5.72. The summed E-state index contributed by atoms with van der Waals surface area (Å²) in [6, 6.07) is 1.61. The van der Waals surface area contributed by atoms with E-state index in [0.29, 0.717) is 25.1 Å². The number of benzene rings is 1. The lowest BCUT2D eigenvalue weighted by Crippen LogP contribution is -2.35. The summed E-state index contributed by atoms with van der Waals surface area (Å²) >= 11 is 5.52. The van der Waals surface area contributed by atoms with Crippen molar-refractivity contribution < 1.29 is 18.0 Å². The molecule has 1 amide bonds. The van der Waals surface area contributed by atoms with Crippen LogP contribution in [0.5, 0.6) is 0 Å². The van der Waals surface area contributed by atoms with Gasteiger partial charge in [0.05, 0.1) is 5.92 Å². The molecule has 0 aromatic heterocycles. The standard InChI is InChI=1S/C12H14ClF3N2O.ClH/c13-4-2-1-3-8(12(19)18-17)7-5-9(14)11(16)10(15)6-7;/h5-6,8H,1-4,17H2,(H,18,19);1H. The molecule has 1 aromatic carbocycles. The highest BCUT2D eigenvalue weighted by atomic mass is 35.5. The second kappa shape index (κ2) is 9.05. The van der Waals surface area contributed by atoms with Gasteiger partial charge >= 0.3 is 0 Å². The minimum atomic E-state index is -1.56. The van der Waals surface area contributed by atoms with Gasteiger partial charge in [-0.2, -0.15) is 0 Å². The molecule has 3 nitrogen and oxygen atoms in total. The monoisotopic (exact) mass is 330 g/mol. The Morgan fingerprint density at radius 1 is 1.25 bits per heavy atom. The summed E-state index contributed by atoms with van der Waals surface area (Å²) in [6.45, 7) is 0. The van der Waals surface area contributed by atoms with E-state index in [1.807, 2.05) is 5.43 Å². The topological polar surface area (TPSA) is 55.1 Å². The van der Waals surface area contributed by atoms with Crippen molar-refractivity contribution >= 4 is 29.9 Å². The Bertz CT molecular complexity index is 437. The molecule has 114 valence electrons. The van der Waals surface area contributed by atoms with Gasteiger partial charge in [0.25, 0.3) is 0 Å². The number of hydrogen-bond acceptors (Lipinski definition) is 2. The van der Waals surface area contributed by atoms with E-state index >= 15 is 0 Å². The van der Waals surface area contributed by atoms with Gasteiger partial charge in [-0.15, -0.1) is 24.0 Å². The molecule has 3 N–H and O–H groups in total. The molecule has 0 spiro atoms. The second-order valence-corrected chi connectivity index (χ2v) is 4.42. The molecule has 1 atom stereocenters. The maximum Gasteiger partial charge on any atom is 0.241 e. The number of amides is 1. The molecule has 0 aliphatic carbocycles. The third-order valence-corrected chi connectivity index (χ3v) is 3.01. The Morgan fingerprint density at radius 3 is 2.25 bits per heavy atom. The minimum Gasteiger partial charge on any atom is -0.294 e. The van der Waals surface area contributed by atoms with Crippen LogP contribution >= 0.6 is 24.0 Å². The number of nitrogens with two attached hydrogens (primary N) is 1. The van der Waals surface area contributed by atoms with Gasteiger partial charge in [-0.3, -0.25) is 10.2 Å². The van der Waals surface area contributed by atoms with Gasteiger partial charge in [0.1, 0.15) is 0 Å². The lowest BCUT2D eigenvalue weighted by atomic mass is 9.92. The van der Waals surface area contributed by atoms with Crippen LogP contribution in [0.2, 0.25) is 0 Å². The van der Waals surface area contributed by atoms with E-state index in [2.05, 4.69) is 0 Å². The largest absolute Gasteiger partial charge is 0.294 e. The van der Waals surface area contributed by atoms with Crippen LogP contribution in [0.4, 0.5) is 13.2 Å². The van der Waals surface area contributed by atoms with E-state index in [9.17, 15) is 18.0 Å². The maximum atomic E-state index is 13.2. The van der Waals surface area contributed by atoms with Crippen molar-refractivity contribution in [1.29, 1.82) is 0 Å². The molecule has 0 fully saturated rings. The normalized spacial score (nSPS) is 11.7. The van der Waals surface area contributed by atoms with Crippen molar-refractivity contribution in [2.45, 2.75) is 25.2 Å². The highest BCUT2D eigenvalue weighted by molar-refractivity contribution is 6.17. The summed E-state index contributed by atoms with van der Waals surface area (Å²) in [5.74, 6) is -0.187. The fraction of sp³-hybridized carbons (Fsp3) is 0.417. The van der Waals surface area contributed by atoms with Crippen molar-refractivity contribution in [2.24, 2.45) is 5.84 Å². The Hall–Kier alpha value is -0.980. The smallest absolute Gasteiger partial charge is 0.241 e. The first-order chi connectivity index (χ1) is 9.01. The summed E-state index contributed by atoms with van der Waals surface area (Å²) in [5.41, 5.74) is 1.98. The van der Waals surface area contributed by atoms with E-state index in [-0.39, 0.29) is 18.0 Å². The van der Waals surface area contributed by atoms with Gasteiger partial charge in [-0.05, 0) is 30.5 Å². The third-order valence-electron chi connectivity index (χ3n) is 2.74. The Kier molecular flexibility index (Phi) is 8.60. The first-order valence-corrected chi connectivity index (χ1v) is 6.25. The summed E-state index contributed by atoms with van der Waals surface area (Å²) in [6.07, 6.45) is 1.56. The number of nitrogens with one attached hydrogen (secondary N) is 1. The maximum absolute atomic E-state index is 13.2. The zero-order chi connectivity index (χ0) is 14.4. The van der Waals surface area contributed by atoms with Crippen LogP contribution in [0.15, 0.2) is 12.1 Å². The van der Waals surface area contributed by atoms with Crippen LogP contribution in [-0.2, 0) is 4.79 Å². The van der Waals surface area contributed by atoms with Crippen molar-refractivity contribution in [3.05, 3.63) is 35.1 Å². The molecule has 8 heteroatoms. The van der Waals surface area contributed by atoms with Crippen molar-refractivity contribution in [2.75, 3.05) is 5.88 Å². The zero-order valence-corrected chi connectivity index (χ0v) is 12.0. The van der Waals surface area contributed by atoms with Crippen LogP contribution in [0, 0.1) is 17.5 Å². The molecule has 0 bridgehead atoms. The number of unbranched alkanes of at least 4 members (excludes halogenated alkanes) is 1. The number of carbonyl (C=O) groups is 1. The quantitative estimate of drug-likeness (QED) is 0.210. The predicted octanol–water partition coefficient (Wildman–Crippen LogP) is 3.01. The molecule has 1 rings (SSSR count). The highest BCUT2D eigenvalue weighted by Crippen LogP contribution is 2.25. The molecule has 0 heterocycles. The van der Waals surface area contributed by atoms with E-state index in [1.54, 1.807) is 0 Å². The second-order valence-electron chi connectivity index (χ2n) is 4.04. The molecule has 20 heavy (non-hydrogen) atoms. The molecule has 1 aromatic rings. The zero-order valence-electron chi connectivity index (χ0n) is 10.5. The molecule has 0 radical (unpaired) electrons. The van der Waals surface area contributed by atoms with Crippen LogP contribution in [-0.4, -0.2) is 11.8 Å². The highest BCUT2D eigenvalue weighted by Gasteiger charge is 2.22. The molecular weight excluding hydrogens is 316 g/mol. The predicted molar refractivity (Wildman–Crippen MR) is 73.2 cm³/mol. The Morgan fingerprint density at radius 2 is 1.80 bits per heavy atom. The summed E-state index contributed by atoms with van der Waals surface area (Å²) in [5, 5.41) is 0. The van der Waals surface area contributed by atoms with E-state index < -0.39 is 29.3 Å². The molecule has 0 saturated carbocycles. The van der Waals surface area contributed by atoms with E-state index in [0.717, 1.165) is 12.1 Å². The van der Waals surface area contributed by atoms with Gasteiger partial charge in [-0.1, -0.05) is 6.42 Å². The molecule has 0 saturated heterocycles. The Labute approximate surface area is 126 Å². The van der Waals surface area contributed by atoms with Crippen LogP contribution in [0.25, 0.3) is 0 Å². The van der Waals surface area contributed by atoms with Gasteiger partial charge in [0.2, 0.25) is 5.91 Å². The van der Waals surface area contributed by atoms with Crippen LogP contribution in [0.1, 0.15) is 30.7 Å². The molecule has 1 unspecified atom stereocenters.